The van der Waals surface area contributed by atoms with E-state index < -0.39 is 0 Å². The van der Waals surface area contributed by atoms with Crippen LogP contribution in [-0.2, 0) is 0 Å². The van der Waals surface area contributed by atoms with Gasteiger partial charge in [-0.3, -0.25) is 4.90 Å². The van der Waals surface area contributed by atoms with E-state index in [1.165, 1.54) is 19.3 Å². The zero-order valence-corrected chi connectivity index (χ0v) is 13.6. The predicted octanol–water partition coefficient (Wildman–Crippen LogP) is 4.13. The third kappa shape index (κ3) is 4.04. The third-order valence-electron chi connectivity index (χ3n) is 4.83. The summed E-state index contributed by atoms with van der Waals surface area (Å²) in [6, 6.07) is 8.65. The SMILES string of the molecule is CCNC(CCN1C(C)CCC1CC)c1ccccc1F. The Morgan fingerprint density at radius 2 is 2.05 bits per heavy atom. The maximum atomic E-state index is 14.0. The first-order valence-corrected chi connectivity index (χ1v) is 8.40. The van der Waals surface area contributed by atoms with Gasteiger partial charge < -0.3 is 5.32 Å². The highest BCUT2D eigenvalue weighted by molar-refractivity contribution is 5.21. The lowest BCUT2D eigenvalue weighted by molar-refractivity contribution is 0.187. The molecule has 0 amide bonds. The second-order valence-corrected chi connectivity index (χ2v) is 6.15. The number of rotatable bonds is 7. The predicted molar refractivity (Wildman–Crippen MR) is 86.9 cm³/mol. The molecule has 0 bridgehead atoms. The van der Waals surface area contributed by atoms with Crippen molar-refractivity contribution in [2.24, 2.45) is 0 Å². The first kappa shape index (κ1) is 16.4. The van der Waals surface area contributed by atoms with Crippen molar-refractivity contribution < 1.29 is 4.39 Å². The molecule has 3 heteroatoms. The number of likely N-dealkylation sites (tertiary alicyclic amines) is 1. The molecule has 0 aliphatic carbocycles. The highest BCUT2D eigenvalue weighted by atomic mass is 19.1. The lowest BCUT2D eigenvalue weighted by atomic mass is 10.0. The molecule has 0 aromatic heterocycles. The molecular formula is C18H29FN2. The summed E-state index contributed by atoms with van der Waals surface area (Å²) in [4.78, 5) is 2.62. The molecule has 3 atom stereocenters. The fourth-order valence-corrected chi connectivity index (χ4v) is 3.62. The van der Waals surface area contributed by atoms with Gasteiger partial charge in [0.1, 0.15) is 5.82 Å². The number of hydrogen-bond acceptors (Lipinski definition) is 2. The Labute approximate surface area is 128 Å². The van der Waals surface area contributed by atoms with Gasteiger partial charge in [-0.2, -0.15) is 0 Å². The van der Waals surface area contributed by atoms with Gasteiger partial charge in [-0.15, -0.1) is 0 Å². The van der Waals surface area contributed by atoms with Crippen LogP contribution in [0.3, 0.4) is 0 Å². The monoisotopic (exact) mass is 292 g/mol. The highest BCUT2D eigenvalue weighted by Gasteiger charge is 2.29. The van der Waals surface area contributed by atoms with Gasteiger partial charge >= 0.3 is 0 Å². The molecule has 1 N–H and O–H groups in total. The molecule has 1 saturated heterocycles. The van der Waals surface area contributed by atoms with E-state index in [4.69, 9.17) is 0 Å². The summed E-state index contributed by atoms with van der Waals surface area (Å²) in [5.41, 5.74) is 0.805. The average Bonchev–Trinajstić information content (AvgIpc) is 2.84. The van der Waals surface area contributed by atoms with Crippen LogP contribution in [0, 0.1) is 5.82 Å². The van der Waals surface area contributed by atoms with Crippen molar-refractivity contribution in [3.05, 3.63) is 35.6 Å². The molecule has 1 aliphatic rings. The molecule has 0 spiro atoms. The fourth-order valence-electron chi connectivity index (χ4n) is 3.62. The lowest BCUT2D eigenvalue weighted by Crippen LogP contribution is -2.37. The number of nitrogens with one attached hydrogen (secondary N) is 1. The Balaban J connectivity index is 2.02. The van der Waals surface area contributed by atoms with E-state index in [0.717, 1.165) is 25.1 Å². The van der Waals surface area contributed by atoms with Crippen LogP contribution in [0.15, 0.2) is 24.3 Å². The van der Waals surface area contributed by atoms with Crippen LogP contribution in [0.1, 0.15) is 58.1 Å². The van der Waals surface area contributed by atoms with Gasteiger partial charge in [0.25, 0.3) is 0 Å². The molecule has 118 valence electrons. The van der Waals surface area contributed by atoms with Crippen molar-refractivity contribution in [1.82, 2.24) is 10.2 Å². The van der Waals surface area contributed by atoms with Crippen molar-refractivity contribution in [3.8, 4) is 0 Å². The summed E-state index contributed by atoms with van der Waals surface area (Å²) in [5.74, 6) is -0.0926. The zero-order valence-electron chi connectivity index (χ0n) is 13.6. The minimum Gasteiger partial charge on any atom is -0.310 e. The molecule has 0 radical (unpaired) electrons. The maximum Gasteiger partial charge on any atom is 0.127 e. The number of nitrogens with zero attached hydrogens (tertiary/aromatic N) is 1. The molecule has 1 fully saturated rings. The Morgan fingerprint density at radius 1 is 1.29 bits per heavy atom. The molecule has 21 heavy (non-hydrogen) atoms. The molecule has 0 saturated carbocycles. The first-order valence-electron chi connectivity index (χ1n) is 8.40. The summed E-state index contributed by atoms with van der Waals surface area (Å²) in [5, 5.41) is 3.44. The minimum atomic E-state index is -0.0926. The van der Waals surface area contributed by atoms with Crippen LogP contribution >= 0.6 is 0 Å². The first-order chi connectivity index (χ1) is 10.2. The Bertz CT molecular complexity index is 435. The smallest absolute Gasteiger partial charge is 0.127 e. The topological polar surface area (TPSA) is 15.3 Å². The van der Waals surface area contributed by atoms with Crippen LogP contribution in [0.25, 0.3) is 0 Å². The summed E-state index contributed by atoms with van der Waals surface area (Å²) in [6.45, 7) is 8.59. The molecular weight excluding hydrogens is 263 g/mol. The van der Waals surface area contributed by atoms with E-state index >= 15 is 0 Å². The fraction of sp³-hybridized carbons (Fsp3) is 0.667. The third-order valence-corrected chi connectivity index (χ3v) is 4.83. The van der Waals surface area contributed by atoms with E-state index in [2.05, 4.69) is 31.0 Å². The van der Waals surface area contributed by atoms with E-state index in [1.807, 2.05) is 12.1 Å². The standard InChI is InChI=1S/C18H29FN2/c1-4-15-11-10-14(3)21(15)13-12-18(20-5-2)16-8-6-7-9-17(16)19/h6-9,14-15,18,20H,4-5,10-13H2,1-3H3. The Morgan fingerprint density at radius 3 is 2.71 bits per heavy atom. The molecule has 2 rings (SSSR count). The molecule has 3 unspecified atom stereocenters. The number of halogens is 1. The van der Waals surface area contributed by atoms with Crippen molar-refractivity contribution in [3.63, 3.8) is 0 Å². The maximum absolute atomic E-state index is 14.0. The van der Waals surface area contributed by atoms with Crippen LogP contribution in [0.5, 0.6) is 0 Å². The summed E-state index contributed by atoms with van der Waals surface area (Å²) < 4.78 is 14.0. The average molecular weight is 292 g/mol. The molecule has 1 aliphatic heterocycles. The van der Waals surface area contributed by atoms with E-state index in [1.54, 1.807) is 12.1 Å². The molecule has 1 heterocycles. The highest BCUT2D eigenvalue weighted by Crippen LogP contribution is 2.28. The number of hydrogen-bond donors (Lipinski definition) is 1. The van der Waals surface area contributed by atoms with Gasteiger partial charge in [0.05, 0.1) is 0 Å². The van der Waals surface area contributed by atoms with E-state index in [9.17, 15) is 4.39 Å². The van der Waals surface area contributed by atoms with Crippen molar-refractivity contribution in [1.29, 1.82) is 0 Å². The Kier molecular flexibility index (Phi) is 6.19. The summed E-state index contributed by atoms with van der Waals surface area (Å²) in [6.07, 6.45) is 4.79. The van der Waals surface area contributed by atoms with E-state index in [-0.39, 0.29) is 11.9 Å². The molecule has 1 aromatic rings. The lowest BCUT2D eigenvalue weighted by Gasteiger charge is -2.30. The zero-order chi connectivity index (χ0) is 15.2. The van der Waals surface area contributed by atoms with Crippen LogP contribution in [0.4, 0.5) is 4.39 Å². The van der Waals surface area contributed by atoms with E-state index in [0.29, 0.717) is 12.1 Å². The van der Waals surface area contributed by atoms with Crippen LogP contribution in [-0.4, -0.2) is 30.1 Å². The van der Waals surface area contributed by atoms with Gasteiger partial charge in [0.15, 0.2) is 0 Å². The van der Waals surface area contributed by atoms with Gasteiger partial charge in [-0.05, 0) is 45.2 Å². The van der Waals surface area contributed by atoms with Crippen LogP contribution < -0.4 is 5.32 Å². The normalized spacial score (nSPS) is 24.4. The van der Waals surface area contributed by atoms with Gasteiger partial charge in [0.2, 0.25) is 0 Å². The molecule has 2 nitrogen and oxygen atoms in total. The second kappa shape index (κ2) is 7.90. The quantitative estimate of drug-likeness (QED) is 0.813. The van der Waals surface area contributed by atoms with Crippen LogP contribution in [0.2, 0.25) is 0 Å². The second-order valence-electron chi connectivity index (χ2n) is 6.15. The summed E-state index contributed by atoms with van der Waals surface area (Å²) >= 11 is 0. The Hall–Kier alpha value is -0.930. The van der Waals surface area contributed by atoms with Gasteiger partial charge in [0, 0.05) is 30.2 Å². The number of benzene rings is 1. The van der Waals surface area contributed by atoms with Gasteiger partial charge in [-0.25, -0.2) is 4.39 Å². The van der Waals surface area contributed by atoms with Crippen molar-refractivity contribution in [2.75, 3.05) is 13.1 Å². The van der Waals surface area contributed by atoms with Gasteiger partial charge in [-0.1, -0.05) is 32.0 Å². The largest absolute Gasteiger partial charge is 0.310 e. The minimum absolute atomic E-state index is 0.0926. The summed E-state index contributed by atoms with van der Waals surface area (Å²) in [7, 11) is 0. The van der Waals surface area contributed by atoms with Crippen molar-refractivity contribution >= 4 is 0 Å². The molecule has 1 aromatic carbocycles. The van der Waals surface area contributed by atoms with Crippen molar-refractivity contribution in [2.45, 2.75) is 64.6 Å².